The molecule has 0 bridgehead atoms. The molecular weight excluding hydrogens is 448 g/mol. The second kappa shape index (κ2) is 7.63. The minimum Gasteiger partial charge on any atom is -0.376 e. The van der Waals surface area contributed by atoms with Crippen molar-refractivity contribution >= 4 is 39.3 Å². The molecule has 3 aliphatic rings. The summed E-state index contributed by atoms with van der Waals surface area (Å²) >= 11 is 3.49. The Hall–Kier alpha value is -2.51. The minimum atomic E-state index is -0.344. The summed E-state index contributed by atoms with van der Waals surface area (Å²) in [5.41, 5.74) is 3.11. The number of benzene rings is 2. The van der Waals surface area contributed by atoms with Crippen molar-refractivity contribution in [2.75, 3.05) is 24.6 Å². The van der Waals surface area contributed by atoms with Gasteiger partial charge in [-0.2, -0.15) is 0 Å². The van der Waals surface area contributed by atoms with Crippen LogP contribution >= 0.6 is 15.9 Å². The zero-order chi connectivity index (χ0) is 20.8. The number of amides is 3. The first kappa shape index (κ1) is 19.5. The van der Waals surface area contributed by atoms with E-state index in [4.69, 9.17) is 4.74 Å². The van der Waals surface area contributed by atoms with Gasteiger partial charge in [-0.3, -0.25) is 19.3 Å². The number of anilines is 1. The van der Waals surface area contributed by atoms with Crippen LogP contribution in [0.15, 0.2) is 40.9 Å². The first-order chi connectivity index (χ1) is 14.5. The van der Waals surface area contributed by atoms with Crippen molar-refractivity contribution in [2.24, 2.45) is 0 Å². The fourth-order valence-electron chi connectivity index (χ4n) is 4.51. The van der Waals surface area contributed by atoms with E-state index in [1.807, 2.05) is 18.2 Å². The molecule has 0 radical (unpaired) electrons. The van der Waals surface area contributed by atoms with Crippen molar-refractivity contribution in [1.82, 2.24) is 4.90 Å². The third-order valence-electron chi connectivity index (χ3n) is 6.03. The van der Waals surface area contributed by atoms with Gasteiger partial charge in [0, 0.05) is 28.9 Å². The van der Waals surface area contributed by atoms with Crippen LogP contribution in [0.5, 0.6) is 0 Å². The molecule has 1 atom stereocenters. The van der Waals surface area contributed by atoms with Crippen molar-refractivity contribution in [3.05, 3.63) is 63.1 Å². The lowest BCUT2D eigenvalue weighted by Crippen LogP contribution is -2.36. The van der Waals surface area contributed by atoms with Crippen LogP contribution in [0.1, 0.15) is 55.9 Å². The van der Waals surface area contributed by atoms with E-state index in [0.29, 0.717) is 29.8 Å². The first-order valence-corrected chi connectivity index (χ1v) is 11.0. The zero-order valence-corrected chi connectivity index (χ0v) is 18.0. The van der Waals surface area contributed by atoms with E-state index in [2.05, 4.69) is 15.9 Å². The van der Waals surface area contributed by atoms with Crippen LogP contribution < -0.4 is 4.90 Å². The Morgan fingerprint density at radius 2 is 1.90 bits per heavy atom. The molecule has 1 unspecified atom stereocenters. The maximum absolute atomic E-state index is 13.3. The number of carbonyl (C=O) groups is 3. The van der Waals surface area contributed by atoms with Crippen LogP contribution in [-0.2, 0) is 11.2 Å². The Labute approximate surface area is 182 Å². The first-order valence-electron chi connectivity index (χ1n) is 10.2. The topological polar surface area (TPSA) is 66.9 Å². The van der Waals surface area contributed by atoms with E-state index in [-0.39, 0.29) is 30.4 Å². The summed E-state index contributed by atoms with van der Waals surface area (Å²) in [6, 6.07) is 10.7. The lowest BCUT2D eigenvalue weighted by atomic mass is 9.99. The van der Waals surface area contributed by atoms with E-state index in [1.165, 1.54) is 4.90 Å². The Kier molecular flexibility index (Phi) is 4.95. The van der Waals surface area contributed by atoms with Crippen molar-refractivity contribution in [3.8, 4) is 0 Å². The van der Waals surface area contributed by atoms with Gasteiger partial charge >= 0.3 is 0 Å². The van der Waals surface area contributed by atoms with Crippen molar-refractivity contribution in [1.29, 1.82) is 0 Å². The number of halogens is 1. The molecule has 5 rings (SSSR count). The third-order valence-corrected chi connectivity index (χ3v) is 6.53. The smallest absolute Gasteiger partial charge is 0.261 e. The molecule has 2 aromatic carbocycles. The van der Waals surface area contributed by atoms with E-state index < -0.39 is 0 Å². The Bertz CT molecular complexity index is 1060. The summed E-state index contributed by atoms with van der Waals surface area (Å²) in [5, 5.41) is 0. The van der Waals surface area contributed by atoms with Crippen molar-refractivity contribution in [2.45, 2.75) is 31.8 Å². The molecule has 1 fully saturated rings. The van der Waals surface area contributed by atoms with Crippen LogP contribution in [0.3, 0.4) is 0 Å². The molecule has 3 heterocycles. The normalized spacial score (nSPS) is 20.5. The van der Waals surface area contributed by atoms with Gasteiger partial charge in [-0.25, -0.2) is 0 Å². The minimum absolute atomic E-state index is 0.0995. The van der Waals surface area contributed by atoms with E-state index in [9.17, 15) is 14.4 Å². The number of hydrogen-bond acceptors (Lipinski definition) is 4. The lowest BCUT2D eigenvalue weighted by Gasteiger charge is -2.29. The van der Waals surface area contributed by atoms with E-state index in [1.54, 1.807) is 23.1 Å². The van der Waals surface area contributed by atoms with E-state index in [0.717, 1.165) is 41.4 Å². The highest BCUT2D eigenvalue weighted by molar-refractivity contribution is 9.10. The Morgan fingerprint density at radius 1 is 1.07 bits per heavy atom. The van der Waals surface area contributed by atoms with Gasteiger partial charge in [-0.15, -0.1) is 0 Å². The third kappa shape index (κ3) is 3.26. The van der Waals surface area contributed by atoms with Gasteiger partial charge in [0.1, 0.15) is 0 Å². The number of carbonyl (C=O) groups excluding carboxylic acids is 3. The van der Waals surface area contributed by atoms with Gasteiger partial charge in [0.2, 0.25) is 0 Å². The maximum Gasteiger partial charge on any atom is 0.261 e. The predicted octanol–water partition coefficient (Wildman–Crippen LogP) is 3.82. The largest absolute Gasteiger partial charge is 0.376 e. The molecule has 30 heavy (non-hydrogen) atoms. The highest BCUT2D eigenvalue weighted by Gasteiger charge is 2.38. The summed E-state index contributed by atoms with van der Waals surface area (Å²) in [6.45, 7) is 1.56. The number of nitrogens with zero attached hydrogens (tertiary/aromatic N) is 2. The molecule has 6 nitrogen and oxygen atoms in total. The van der Waals surface area contributed by atoms with Crippen LogP contribution in [-0.4, -0.2) is 48.4 Å². The summed E-state index contributed by atoms with van der Waals surface area (Å²) in [7, 11) is 0. The lowest BCUT2D eigenvalue weighted by molar-refractivity contribution is 0.0475. The van der Waals surface area contributed by atoms with Crippen LogP contribution in [0.25, 0.3) is 0 Å². The number of ether oxygens (including phenoxy) is 1. The van der Waals surface area contributed by atoms with Crippen molar-refractivity contribution in [3.63, 3.8) is 0 Å². The molecule has 2 aromatic rings. The number of hydrogen-bond donors (Lipinski definition) is 0. The van der Waals surface area contributed by atoms with Gasteiger partial charge < -0.3 is 9.64 Å². The number of aryl methyl sites for hydroxylation is 1. The standard InChI is InChI=1S/C23H21BrN2O4/c24-16-6-8-20-14(11-16)3-1-9-25(20)21(27)15-5-7-18-19(12-15)23(29)26(22(18)28)13-17-4-2-10-30-17/h5-8,11-12,17H,1-4,9-10,13H2. The van der Waals surface area contributed by atoms with E-state index >= 15 is 0 Å². The fraction of sp³-hybridized carbons (Fsp3) is 0.348. The quantitative estimate of drug-likeness (QED) is 0.642. The molecule has 3 amide bonds. The molecule has 0 saturated carbocycles. The average molecular weight is 469 g/mol. The van der Waals surface area contributed by atoms with Gasteiger partial charge in [-0.1, -0.05) is 15.9 Å². The highest BCUT2D eigenvalue weighted by atomic mass is 79.9. The maximum atomic E-state index is 13.3. The molecular formula is C23H21BrN2O4. The van der Waals surface area contributed by atoms with Gasteiger partial charge in [0.05, 0.1) is 23.8 Å². The highest BCUT2D eigenvalue weighted by Crippen LogP contribution is 2.32. The second-order valence-electron chi connectivity index (χ2n) is 7.95. The van der Waals surface area contributed by atoms with Crippen LogP contribution in [0.4, 0.5) is 5.69 Å². The zero-order valence-electron chi connectivity index (χ0n) is 16.4. The Morgan fingerprint density at radius 3 is 2.70 bits per heavy atom. The summed E-state index contributed by atoms with van der Waals surface area (Å²) in [4.78, 5) is 41.9. The fourth-order valence-corrected chi connectivity index (χ4v) is 4.92. The number of fused-ring (bicyclic) bond motifs is 2. The molecule has 0 N–H and O–H groups in total. The van der Waals surface area contributed by atoms with Crippen molar-refractivity contribution < 1.29 is 19.1 Å². The van der Waals surface area contributed by atoms with Gasteiger partial charge in [0.25, 0.3) is 17.7 Å². The molecule has 0 aliphatic carbocycles. The molecule has 1 saturated heterocycles. The number of imide groups is 1. The van der Waals surface area contributed by atoms with Gasteiger partial charge in [-0.05, 0) is 67.6 Å². The molecule has 7 heteroatoms. The average Bonchev–Trinajstić information content (AvgIpc) is 3.35. The monoisotopic (exact) mass is 468 g/mol. The number of rotatable bonds is 3. The summed E-state index contributed by atoms with van der Waals surface area (Å²) in [5.74, 6) is -0.806. The molecule has 0 aromatic heterocycles. The SMILES string of the molecule is O=C1c2ccc(C(=O)N3CCCc4cc(Br)ccc43)cc2C(=O)N1CC1CCCO1. The molecule has 0 spiro atoms. The second-order valence-corrected chi connectivity index (χ2v) is 8.87. The molecule has 154 valence electrons. The Balaban J connectivity index is 1.42. The van der Waals surface area contributed by atoms with Crippen LogP contribution in [0, 0.1) is 0 Å². The van der Waals surface area contributed by atoms with Crippen LogP contribution in [0.2, 0.25) is 0 Å². The van der Waals surface area contributed by atoms with Gasteiger partial charge in [0.15, 0.2) is 0 Å². The molecule has 3 aliphatic heterocycles. The summed E-state index contributed by atoms with van der Waals surface area (Å²) in [6.07, 6.45) is 3.50. The predicted molar refractivity (Wildman–Crippen MR) is 115 cm³/mol. The summed E-state index contributed by atoms with van der Waals surface area (Å²) < 4.78 is 6.57.